The maximum Gasteiger partial charge on any atom is 0.232 e. The standard InChI is InChI=1S/C18H22N4O2/c1-11-8-12(9-14-15(11)20-10-19-14)16-21-17(24-22-16)18(2,3)13-4-6-23-7-5-13/h8-10,13H,4-7H2,1-3H3,(H,19,20). The number of aryl methyl sites for hydroxylation is 1. The Morgan fingerprint density at radius 2 is 2.00 bits per heavy atom. The fourth-order valence-corrected chi connectivity index (χ4v) is 3.55. The quantitative estimate of drug-likeness (QED) is 0.795. The Morgan fingerprint density at radius 3 is 2.79 bits per heavy atom. The lowest BCUT2D eigenvalue weighted by Gasteiger charge is -2.33. The molecule has 6 nitrogen and oxygen atoms in total. The first-order chi connectivity index (χ1) is 11.6. The Hall–Kier alpha value is -2.21. The van der Waals surface area contributed by atoms with Gasteiger partial charge in [-0.15, -0.1) is 0 Å². The number of H-pyrrole nitrogens is 1. The van der Waals surface area contributed by atoms with Crippen molar-refractivity contribution < 1.29 is 9.26 Å². The van der Waals surface area contributed by atoms with E-state index < -0.39 is 0 Å². The highest BCUT2D eigenvalue weighted by Gasteiger charge is 2.37. The number of nitrogens with zero attached hydrogens (tertiary/aromatic N) is 3. The summed E-state index contributed by atoms with van der Waals surface area (Å²) in [6.45, 7) is 8.03. The third-order valence-corrected chi connectivity index (χ3v) is 5.19. The van der Waals surface area contributed by atoms with Gasteiger partial charge >= 0.3 is 0 Å². The Balaban J connectivity index is 1.68. The molecule has 0 aliphatic carbocycles. The number of benzene rings is 1. The van der Waals surface area contributed by atoms with E-state index in [-0.39, 0.29) is 5.41 Å². The summed E-state index contributed by atoms with van der Waals surface area (Å²) in [5, 5.41) is 4.23. The summed E-state index contributed by atoms with van der Waals surface area (Å²) in [5.41, 5.74) is 3.85. The van der Waals surface area contributed by atoms with Gasteiger partial charge in [-0.2, -0.15) is 4.98 Å². The predicted molar refractivity (Wildman–Crippen MR) is 90.7 cm³/mol. The average Bonchev–Trinajstić information content (AvgIpc) is 3.25. The van der Waals surface area contributed by atoms with Gasteiger partial charge in [0.1, 0.15) is 0 Å². The molecule has 6 heteroatoms. The highest BCUT2D eigenvalue weighted by molar-refractivity contribution is 5.83. The van der Waals surface area contributed by atoms with Crippen molar-refractivity contribution >= 4 is 11.0 Å². The number of rotatable bonds is 3. The van der Waals surface area contributed by atoms with Gasteiger partial charge in [0.05, 0.1) is 17.4 Å². The molecule has 0 amide bonds. The zero-order valence-corrected chi connectivity index (χ0v) is 14.3. The second-order valence-corrected chi connectivity index (χ2v) is 7.12. The summed E-state index contributed by atoms with van der Waals surface area (Å²) in [6, 6.07) is 4.07. The molecular formula is C18H22N4O2. The van der Waals surface area contributed by atoms with Gasteiger partial charge in [-0.1, -0.05) is 19.0 Å². The number of fused-ring (bicyclic) bond motifs is 1. The molecule has 0 bridgehead atoms. The lowest BCUT2D eigenvalue weighted by Crippen LogP contribution is -2.33. The molecule has 2 aromatic heterocycles. The van der Waals surface area contributed by atoms with Gasteiger partial charge in [0.15, 0.2) is 0 Å². The van der Waals surface area contributed by atoms with E-state index in [9.17, 15) is 0 Å². The summed E-state index contributed by atoms with van der Waals surface area (Å²) in [6.07, 6.45) is 3.77. The molecule has 4 rings (SSSR count). The molecule has 1 saturated heterocycles. The fourth-order valence-electron chi connectivity index (χ4n) is 3.55. The number of aromatic nitrogens is 4. The van der Waals surface area contributed by atoms with Crippen LogP contribution in [0.3, 0.4) is 0 Å². The van der Waals surface area contributed by atoms with Crippen molar-refractivity contribution in [1.29, 1.82) is 0 Å². The molecule has 1 fully saturated rings. The molecule has 1 aliphatic rings. The van der Waals surface area contributed by atoms with Crippen molar-refractivity contribution in [1.82, 2.24) is 20.1 Å². The third-order valence-electron chi connectivity index (χ3n) is 5.19. The topological polar surface area (TPSA) is 76.8 Å². The molecule has 0 unspecified atom stereocenters. The minimum absolute atomic E-state index is 0.151. The smallest absolute Gasteiger partial charge is 0.232 e. The van der Waals surface area contributed by atoms with Crippen LogP contribution in [-0.2, 0) is 10.2 Å². The second kappa shape index (κ2) is 5.70. The van der Waals surface area contributed by atoms with Crippen LogP contribution in [0.4, 0.5) is 0 Å². The molecule has 1 aromatic carbocycles. The molecule has 24 heavy (non-hydrogen) atoms. The van der Waals surface area contributed by atoms with E-state index in [2.05, 4.69) is 35.0 Å². The van der Waals surface area contributed by atoms with Crippen LogP contribution in [0.2, 0.25) is 0 Å². The van der Waals surface area contributed by atoms with Crippen molar-refractivity contribution in [3.63, 3.8) is 0 Å². The van der Waals surface area contributed by atoms with Crippen LogP contribution in [0.1, 0.15) is 38.1 Å². The molecule has 1 N–H and O–H groups in total. The van der Waals surface area contributed by atoms with Crippen LogP contribution in [0.15, 0.2) is 23.0 Å². The van der Waals surface area contributed by atoms with E-state index >= 15 is 0 Å². The fraction of sp³-hybridized carbons (Fsp3) is 0.500. The molecule has 3 heterocycles. The summed E-state index contributed by atoms with van der Waals surface area (Å²) >= 11 is 0. The van der Waals surface area contributed by atoms with Crippen LogP contribution in [-0.4, -0.2) is 33.3 Å². The van der Waals surface area contributed by atoms with Crippen molar-refractivity contribution in [3.8, 4) is 11.4 Å². The molecule has 0 atom stereocenters. The second-order valence-electron chi connectivity index (χ2n) is 7.12. The molecule has 0 saturated carbocycles. The van der Waals surface area contributed by atoms with Crippen molar-refractivity contribution in [2.24, 2.45) is 5.92 Å². The largest absolute Gasteiger partial charge is 0.381 e. The van der Waals surface area contributed by atoms with Crippen molar-refractivity contribution in [2.45, 2.75) is 39.0 Å². The lowest BCUT2D eigenvalue weighted by molar-refractivity contribution is 0.0368. The number of ether oxygens (including phenoxy) is 1. The van der Waals surface area contributed by atoms with E-state index in [4.69, 9.17) is 14.2 Å². The summed E-state index contributed by atoms with van der Waals surface area (Å²) in [4.78, 5) is 12.2. The first-order valence-electron chi connectivity index (χ1n) is 8.42. The molecular weight excluding hydrogens is 304 g/mol. The maximum atomic E-state index is 5.64. The van der Waals surface area contributed by atoms with Crippen LogP contribution in [0.25, 0.3) is 22.4 Å². The highest BCUT2D eigenvalue weighted by Crippen LogP contribution is 2.37. The van der Waals surface area contributed by atoms with E-state index in [1.807, 2.05) is 13.0 Å². The van der Waals surface area contributed by atoms with Crippen LogP contribution < -0.4 is 0 Å². The van der Waals surface area contributed by atoms with Crippen LogP contribution >= 0.6 is 0 Å². The number of nitrogens with one attached hydrogen (secondary N) is 1. The minimum Gasteiger partial charge on any atom is -0.381 e. The van der Waals surface area contributed by atoms with Gasteiger partial charge < -0.3 is 14.2 Å². The average molecular weight is 326 g/mol. The predicted octanol–water partition coefficient (Wildman–Crippen LogP) is 3.63. The lowest BCUT2D eigenvalue weighted by atomic mass is 9.74. The molecule has 3 aromatic rings. The molecule has 126 valence electrons. The first-order valence-corrected chi connectivity index (χ1v) is 8.42. The summed E-state index contributed by atoms with van der Waals surface area (Å²) in [7, 11) is 0. The summed E-state index contributed by atoms with van der Waals surface area (Å²) < 4.78 is 11.1. The Bertz CT molecular complexity index is 859. The van der Waals surface area contributed by atoms with E-state index in [1.165, 1.54) is 0 Å². The van der Waals surface area contributed by atoms with Gasteiger partial charge in [-0.25, -0.2) is 4.98 Å². The van der Waals surface area contributed by atoms with Gasteiger partial charge in [0.2, 0.25) is 11.7 Å². The molecule has 1 aliphatic heterocycles. The summed E-state index contributed by atoms with van der Waals surface area (Å²) in [5.74, 6) is 1.83. The SMILES string of the molecule is Cc1cc(-c2noc(C(C)(C)C3CCOCC3)n2)cc2[nH]cnc12. The number of aromatic amines is 1. The Kier molecular flexibility index (Phi) is 3.64. The van der Waals surface area contributed by atoms with Gasteiger partial charge in [-0.3, -0.25) is 0 Å². The normalized spacial score (nSPS) is 16.8. The van der Waals surface area contributed by atoms with Crippen molar-refractivity contribution in [2.75, 3.05) is 13.2 Å². The maximum absolute atomic E-state index is 5.64. The highest BCUT2D eigenvalue weighted by atomic mass is 16.5. The zero-order chi connectivity index (χ0) is 16.7. The Morgan fingerprint density at radius 1 is 1.21 bits per heavy atom. The van der Waals surface area contributed by atoms with Gasteiger partial charge in [-0.05, 0) is 43.4 Å². The monoisotopic (exact) mass is 326 g/mol. The number of imidazole rings is 1. The third kappa shape index (κ3) is 2.51. The van der Waals surface area contributed by atoms with E-state index in [0.717, 1.165) is 48.2 Å². The Labute approximate surface area is 140 Å². The molecule has 0 radical (unpaired) electrons. The molecule has 0 spiro atoms. The first kappa shape index (κ1) is 15.3. The van der Waals surface area contributed by atoms with E-state index in [1.54, 1.807) is 6.33 Å². The van der Waals surface area contributed by atoms with E-state index in [0.29, 0.717) is 17.6 Å². The van der Waals surface area contributed by atoms with Crippen LogP contribution in [0.5, 0.6) is 0 Å². The van der Waals surface area contributed by atoms with Crippen LogP contribution in [0, 0.1) is 12.8 Å². The number of hydrogen-bond acceptors (Lipinski definition) is 5. The van der Waals surface area contributed by atoms with Gasteiger partial charge in [0, 0.05) is 24.2 Å². The van der Waals surface area contributed by atoms with Crippen molar-refractivity contribution in [3.05, 3.63) is 29.9 Å². The van der Waals surface area contributed by atoms with Gasteiger partial charge in [0.25, 0.3) is 0 Å². The number of hydrogen-bond donors (Lipinski definition) is 1. The zero-order valence-electron chi connectivity index (χ0n) is 14.3. The minimum atomic E-state index is -0.151.